The first-order valence-electron chi connectivity index (χ1n) is 9.33. The number of benzene rings is 2. The lowest BCUT2D eigenvalue weighted by atomic mass is 9.96. The first-order chi connectivity index (χ1) is 13.6. The molecule has 0 saturated heterocycles. The second-order valence-electron chi connectivity index (χ2n) is 6.89. The highest BCUT2D eigenvalue weighted by molar-refractivity contribution is 5.94. The van der Waals surface area contributed by atoms with Crippen LogP contribution in [-0.4, -0.2) is 10.5 Å². The summed E-state index contributed by atoms with van der Waals surface area (Å²) in [6, 6.07) is 15.6. The number of para-hydroxylation sites is 1. The van der Waals surface area contributed by atoms with Crippen LogP contribution in [0.15, 0.2) is 83.1 Å². The van der Waals surface area contributed by atoms with Gasteiger partial charge in [-0.25, -0.2) is 0 Å². The van der Waals surface area contributed by atoms with Crippen molar-refractivity contribution in [2.75, 3.05) is 5.32 Å². The van der Waals surface area contributed by atoms with Crippen molar-refractivity contribution in [2.45, 2.75) is 19.3 Å². The number of azo groups is 1. The van der Waals surface area contributed by atoms with Crippen LogP contribution in [0.5, 0.6) is 0 Å². The van der Waals surface area contributed by atoms with Crippen molar-refractivity contribution < 1.29 is 4.79 Å². The van der Waals surface area contributed by atoms with E-state index < -0.39 is 0 Å². The third-order valence-electron chi connectivity index (χ3n) is 4.91. The number of allylic oxidation sites excluding steroid dienone is 4. The van der Waals surface area contributed by atoms with E-state index in [4.69, 9.17) is 0 Å². The molecular formula is C23H22N4O. The van der Waals surface area contributed by atoms with Gasteiger partial charge in [-0.05, 0) is 36.8 Å². The Morgan fingerprint density at radius 3 is 2.57 bits per heavy atom. The number of hydrogen-bond acceptors (Lipinski definition) is 3. The summed E-state index contributed by atoms with van der Waals surface area (Å²) >= 11 is 0. The number of rotatable bonds is 4. The van der Waals surface area contributed by atoms with Crippen LogP contribution in [0.1, 0.15) is 25.0 Å². The average molecular weight is 370 g/mol. The third kappa shape index (κ3) is 3.51. The maximum atomic E-state index is 11.2. The van der Waals surface area contributed by atoms with Gasteiger partial charge in [0.25, 0.3) is 0 Å². The van der Waals surface area contributed by atoms with Gasteiger partial charge in [0.05, 0.1) is 16.9 Å². The van der Waals surface area contributed by atoms with E-state index in [9.17, 15) is 4.79 Å². The van der Waals surface area contributed by atoms with E-state index in [1.54, 1.807) is 0 Å². The molecule has 5 heteroatoms. The standard InChI is InChI=1S/C23H22N4O/c1-16(28)24-18-12-14-19(15-13-18)25-26-22-20-10-6-7-11-21(20)27(2)23(22)17-8-4-3-5-9-17/h3-8,10-15,17H,9H2,1-2H3,(H,24,28). The van der Waals surface area contributed by atoms with Crippen LogP contribution in [0.25, 0.3) is 10.9 Å². The number of carbonyl (C=O) groups excluding carboxylic acids is 1. The molecular weight excluding hydrogens is 348 g/mol. The number of nitrogens with zero attached hydrogens (tertiary/aromatic N) is 3. The summed E-state index contributed by atoms with van der Waals surface area (Å²) in [6.07, 6.45) is 9.53. The minimum Gasteiger partial charge on any atom is -0.345 e. The Morgan fingerprint density at radius 2 is 1.86 bits per heavy atom. The van der Waals surface area contributed by atoms with Crippen LogP contribution in [0.3, 0.4) is 0 Å². The molecule has 1 amide bonds. The van der Waals surface area contributed by atoms with Gasteiger partial charge >= 0.3 is 0 Å². The van der Waals surface area contributed by atoms with Gasteiger partial charge in [0, 0.05) is 31.0 Å². The van der Waals surface area contributed by atoms with E-state index >= 15 is 0 Å². The molecule has 4 rings (SSSR count). The number of carbonyl (C=O) groups is 1. The van der Waals surface area contributed by atoms with Gasteiger partial charge in [0.2, 0.25) is 5.91 Å². The van der Waals surface area contributed by atoms with Crippen molar-refractivity contribution >= 4 is 33.9 Å². The van der Waals surface area contributed by atoms with Crippen molar-refractivity contribution in [1.29, 1.82) is 0 Å². The van der Waals surface area contributed by atoms with Gasteiger partial charge in [0.15, 0.2) is 0 Å². The Balaban J connectivity index is 1.73. The minimum absolute atomic E-state index is 0.0932. The summed E-state index contributed by atoms with van der Waals surface area (Å²) in [4.78, 5) is 11.2. The number of aryl methyl sites for hydroxylation is 1. The van der Waals surface area contributed by atoms with Crippen molar-refractivity contribution in [1.82, 2.24) is 4.57 Å². The van der Waals surface area contributed by atoms with Gasteiger partial charge in [0.1, 0.15) is 5.69 Å². The molecule has 0 saturated carbocycles. The Labute approximate surface area is 164 Å². The van der Waals surface area contributed by atoms with Crippen LogP contribution >= 0.6 is 0 Å². The summed E-state index contributed by atoms with van der Waals surface area (Å²) in [5, 5.41) is 13.0. The van der Waals surface area contributed by atoms with Gasteiger partial charge < -0.3 is 9.88 Å². The number of hydrogen-bond donors (Lipinski definition) is 1. The quantitative estimate of drug-likeness (QED) is 0.550. The number of aromatic nitrogens is 1. The lowest BCUT2D eigenvalue weighted by molar-refractivity contribution is -0.114. The number of amides is 1. The SMILES string of the molecule is CC(=O)Nc1ccc(N=Nc2c(C3C=CC=CC3)n(C)c3ccccc23)cc1. The van der Waals surface area contributed by atoms with Crippen LogP contribution in [0.4, 0.5) is 17.1 Å². The molecule has 0 spiro atoms. The normalized spacial score (nSPS) is 16.1. The van der Waals surface area contributed by atoms with Crippen molar-refractivity contribution in [3.8, 4) is 0 Å². The largest absolute Gasteiger partial charge is 0.345 e. The smallest absolute Gasteiger partial charge is 0.221 e. The molecule has 0 bridgehead atoms. The molecule has 0 fully saturated rings. The minimum atomic E-state index is -0.0932. The zero-order valence-electron chi connectivity index (χ0n) is 16.0. The van der Waals surface area contributed by atoms with Gasteiger partial charge in [-0.1, -0.05) is 42.5 Å². The Morgan fingerprint density at radius 1 is 1.07 bits per heavy atom. The maximum absolute atomic E-state index is 11.2. The van der Waals surface area contributed by atoms with E-state index in [-0.39, 0.29) is 11.8 Å². The highest BCUT2D eigenvalue weighted by Crippen LogP contribution is 2.40. The van der Waals surface area contributed by atoms with Gasteiger partial charge in [-0.2, -0.15) is 5.11 Å². The van der Waals surface area contributed by atoms with Crippen molar-refractivity contribution in [3.05, 3.63) is 78.5 Å². The Bertz CT molecular complexity index is 1100. The van der Waals surface area contributed by atoms with Crippen LogP contribution in [0, 0.1) is 0 Å². The highest BCUT2D eigenvalue weighted by atomic mass is 16.1. The summed E-state index contributed by atoms with van der Waals surface area (Å²) < 4.78 is 2.22. The highest BCUT2D eigenvalue weighted by Gasteiger charge is 2.21. The molecule has 1 unspecified atom stereocenters. The maximum Gasteiger partial charge on any atom is 0.221 e. The van der Waals surface area contributed by atoms with Gasteiger partial charge in [-0.3, -0.25) is 4.79 Å². The molecule has 3 aromatic rings. The molecule has 1 atom stereocenters. The van der Waals surface area contributed by atoms with Gasteiger partial charge in [-0.15, -0.1) is 5.11 Å². The first kappa shape index (κ1) is 17.9. The molecule has 1 N–H and O–H groups in total. The monoisotopic (exact) mass is 370 g/mol. The van der Waals surface area contributed by atoms with Crippen LogP contribution < -0.4 is 5.32 Å². The van der Waals surface area contributed by atoms with Crippen molar-refractivity contribution in [2.24, 2.45) is 17.3 Å². The zero-order valence-corrected chi connectivity index (χ0v) is 16.0. The summed E-state index contributed by atoms with van der Waals surface area (Å²) in [5.74, 6) is 0.183. The second kappa shape index (κ2) is 7.64. The van der Waals surface area contributed by atoms with Crippen LogP contribution in [0.2, 0.25) is 0 Å². The number of nitrogens with one attached hydrogen (secondary N) is 1. The Kier molecular flexibility index (Phi) is 4.89. The topological polar surface area (TPSA) is 58.8 Å². The second-order valence-corrected chi connectivity index (χ2v) is 6.89. The molecule has 0 radical (unpaired) electrons. The molecule has 28 heavy (non-hydrogen) atoms. The molecule has 1 aliphatic carbocycles. The predicted molar refractivity (Wildman–Crippen MR) is 113 cm³/mol. The fourth-order valence-electron chi connectivity index (χ4n) is 3.63. The summed E-state index contributed by atoms with van der Waals surface area (Å²) in [5.41, 5.74) is 4.72. The molecule has 1 heterocycles. The van der Waals surface area contributed by atoms with E-state index in [2.05, 4.69) is 63.6 Å². The summed E-state index contributed by atoms with van der Waals surface area (Å²) in [7, 11) is 2.09. The molecule has 0 aliphatic heterocycles. The van der Waals surface area contributed by atoms with E-state index in [1.807, 2.05) is 36.4 Å². The number of anilines is 1. The molecule has 2 aromatic carbocycles. The van der Waals surface area contributed by atoms with E-state index in [0.29, 0.717) is 0 Å². The predicted octanol–water partition coefficient (Wildman–Crippen LogP) is 6.15. The average Bonchev–Trinajstić information content (AvgIpc) is 3.00. The fraction of sp³-hybridized carbons (Fsp3) is 0.174. The third-order valence-corrected chi connectivity index (χ3v) is 4.91. The fourth-order valence-corrected chi connectivity index (χ4v) is 3.63. The van der Waals surface area contributed by atoms with Crippen LogP contribution in [-0.2, 0) is 11.8 Å². The molecule has 1 aromatic heterocycles. The molecule has 1 aliphatic rings. The number of fused-ring (bicyclic) bond motifs is 1. The summed E-state index contributed by atoms with van der Waals surface area (Å²) in [6.45, 7) is 1.49. The van der Waals surface area contributed by atoms with Crippen molar-refractivity contribution in [3.63, 3.8) is 0 Å². The lowest BCUT2D eigenvalue weighted by Crippen LogP contribution is -2.04. The van der Waals surface area contributed by atoms with E-state index in [0.717, 1.165) is 34.4 Å². The molecule has 140 valence electrons. The first-order valence-corrected chi connectivity index (χ1v) is 9.33. The zero-order chi connectivity index (χ0) is 19.5. The van der Waals surface area contributed by atoms with E-state index in [1.165, 1.54) is 12.6 Å². The Hall–Kier alpha value is -3.47. The molecule has 5 nitrogen and oxygen atoms in total. The lowest BCUT2D eigenvalue weighted by Gasteiger charge is -2.15.